The number of rotatable bonds is 3. The van der Waals surface area contributed by atoms with Crippen LogP contribution in [-0.2, 0) is 6.61 Å². The molecular weight excluding hydrogens is 258 g/mol. The molecule has 0 saturated heterocycles. The van der Waals surface area contributed by atoms with E-state index < -0.39 is 0 Å². The number of nitrogens with two attached hydrogens (primary N) is 1. The van der Waals surface area contributed by atoms with Gasteiger partial charge in [0.1, 0.15) is 24.0 Å². The lowest BCUT2D eigenvalue weighted by Crippen LogP contribution is -1.98. The lowest BCUT2D eigenvalue weighted by molar-refractivity contribution is 0.295. The van der Waals surface area contributed by atoms with E-state index in [0.29, 0.717) is 18.2 Å². The summed E-state index contributed by atoms with van der Waals surface area (Å²) in [5, 5.41) is 0. The number of hydrogen-bond acceptors (Lipinski definition) is 3. The van der Waals surface area contributed by atoms with E-state index in [0.717, 1.165) is 10.2 Å². The van der Waals surface area contributed by atoms with Crippen molar-refractivity contribution in [2.45, 2.75) is 6.61 Å². The number of anilines is 1. The molecule has 0 bridgehead atoms. The highest BCUT2D eigenvalue weighted by molar-refractivity contribution is 9.10. The van der Waals surface area contributed by atoms with E-state index in [1.165, 1.54) is 0 Å². The number of benzene rings is 1. The average Bonchev–Trinajstić information content (AvgIpc) is 2.63. The number of nitrogens with zero attached hydrogens (tertiary/aromatic N) is 1. The van der Waals surface area contributed by atoms with Gasteiger partial charge in [-0.25, -0.2) is 4.98 Å². The van der Waals surface area contributed by atoms with Crippen molar-refractivity contribution in [2.24, 2.45) is 0 Å². The lowest BCUT2D eigenvalue weighted by Gasteiger charge is -2.05. The van der Waals surface area contributed by atoms with Crippen LogP contribution in [0, 0.1) is 0 Å². The SMILES string of the molecule is Nc1cnc(COc2ccccc2Br)[nH]1. The zero-order valence-electron chi connectivity index (χ0n) is 7.90. The van der Waals surface area contributed by atoms with E-state index in [1.54, 1.807) is 6.20 Å². The molecule has 78 valence electrons. The maximum atomic E-state index is 5.54. The maximum absolute atomic E-state index is 5.54. The van der Waals surface area contributed by atoms with Crippen molar-refractivity contribution in [1.82, 2.24) is 9.97 Å². The lowest BCUT2D eigenvalue weighted by atomic mass is 10.3. The van der Waals surface area contributed by atoms with Crippen LogP contribution in [0.5, 0.6) is 5.75 Å². The molecular formula is C10H10BrN3O. The Kier molecular flexibility index (Phi) is 2.91. The third kappa shape index (κ3) is 2.50. The summed E-state index contributed by atoms with van der Waals surface area (Å²) in [6.45, 7) is 0.375. The minimum atomic E-state index is 0.375. The molecule has 0 amide bonds. The van der Waals surface area contributed by atoms with Crippen molar-refractivity contribution < 1.29 is 4.74 Å². The molecule has 0 saturated carbocycles. The second-order valence-corrected chi connectivity index (χ2v) is 3.86. The molecule has 0 radical (unpaired) electrons. The van der Waals surface area contributed by atoms with Gasteiger partial charge in [-0.3, -0.25) is 0 Å². The van der Waals surface area contributed by atoms with Gasteiger partial charge < -0.3 is 15.5 Å². The molecule has 1 aromatic heterocycles. The van der Waals surface area contributed by atoms with E-state index in [2.05, 4.69) is 25.9 Å². The Hall–Kier alpha value is -1.49. The topological polar surface area (TPSA) is 63.9 Å². The molecule has 1 aromatic carbocycles. The number of H-pyrrole nitrogens is 1. The van der Waals surface area contributed by atoms with E-state index in [1.807, 2.05) is 24.3 Å². The summed E-state index contributed by atoms with van der Waals surface area (Å²) in [6, 6.07) is 7.65. The van der Waals surface area contributed by atoms with Gasteiger partial charge in [-0.2, -0.15) is 0 Å². The van der Waals surface area contributed by atoms with Gasteiger partial charge in [0.25, 0.3) is 0 Å². The molecule has 0 aliphatic rings. The van der Waals surface area contributed by atoms with E-state index >= 15 is 0 Å². The summed E-state index contributed by atoms with van der Waals surface area (Å²) < 4.78 is 6.46. The van der Waals surface area contributed by atoms with Crippen LogP contribution >= 0.6 is 15.9 Å². The fourth-order valence-electron chi connectivity index (χ4n) is 1.16. The highest BCUT2D eigenvalue weighted by atomic mass is 79.9. The minimum absolute atomic E-state index is 0.375. The normalized spacial score (nSPS) is 10.2. The Labute approximate surface area is 95.6 Å². The van der Waals surface area contributed by atoms with Crippen molar-refractivity contribution >= 4 is 21.7 Å². The summed E-state index contributed by atoms with van der Waals surface area (Å²) in [4.78, 5) is 6.93. The first-order chi connectivity index (χ1) is 7.25. The quantitative estimate of drug-likeness (QED) is 0.897. The van der Waals surface area contributed by atoms with Gasteiger partial charge in [-0.1, -0.05) is 12.1 Å². The third-order valence-corrected chi connectivity index (χ3v) is 2.50. The molecule has 15 heavy (non-hydrogen) atoms. The number of halogens is 1. The van der Waals surface area contributed by atoms with Crippen LogP contribution in [0.15, 0.2) is 34.9 Å². The Morgan fingerprint density at radius 2 is 2.20 bits per heavy atom. The zero-order valence-corrected chi connectivity index (χ0v) is 9.49. The fourth-order valence-corrected chi connectivity index (χ4v) is 1.56. The molecule has 1 heterocycles. The second-order valence-electron chi connectivity index (χ2n) is 3.00. The Morgan fingerprint density at radius 3 is 2.87 bits per heavy atom. The molecule has 0 spiro atoms. The fraction of sp³-hybridized carbons (Fsp3) is 0.100. The first-order valence-electron chi connectivity index (χ1n) is 4.42. The van der Waals surface area contributed by atoms with Gasteiger partial charge in [0.2, 0.25) is 0 Å². The number of nitrogen functional groups attached to an aromatic ring is 1. The van der Waals surface area contributed by atoms with Crippen LogP contribution in [0.25, 0.3) is 0 Å². The monoisotopic (exact) mass is 267 g/mol. The summed E-state index contributed by atoms with van der Waals surface area (Å²) >= 11 is 3.39. The Bertz CT molecular complexity index is 455. The molecule has 0 unspecified atom stereocenters. The number of ether oxygens (including phenoxy) is 1. The van der Waals surface area contributed by atoms with Crippen molar-refractivity contribution in [3.63, 3.8) is 0 Å². The summed E-state index contributed by atoms with van der Waals surface area (Å²) in [5.41, 5.74) is 5.49. The van der Waals surface area contributed by atoms with Crippen LogP contribution in [0.4, 0.5) is 5.82 Å². The number of hydrogen-bond donors (Lipinski definition) is 2. The predicted molar refractivity (Wildman–Crippen MR) is 61.5 cm³/mol. The highest BCUT2D eigenvalue weighted by Gasteiger charge is 2.01. The highest BCUT2D eigenvalue weighted by Crippen LogP contribution is 2.24. The van der Waals surface area contributed by atoms with Crippen LogP contribution in [0.1, 0.15) is 5.82 Å². The van der Waals surface area contributed by atoms with Crippen LogP contribution < -0.4 is 10.5 Å². The predicted octanol–water partition coefficient (Wildman–Crippen LogP) is 2.33. The molecule has 0 fully saturated rings. The number of nitrogens with one attached hydrogen (secondary N) is 1. The minimum Gasteiger partial charge on any atom is -0.485 e. The van der Waals surface area contributed by atoms with Gasteiger partial charge in [-0.15, -0.1) is 0 Å². The number of aromatic amines is 1. The van der Waals surface area contributed by atoms with Crippen LogP contribution in [0.3, 0.4) is 0 Å². The summed E-state index contributed by atoms with van der Waals surface area (Å²) in [6.07, 6.45) is 1.57. The largest absolute Gasteiger partial charge is 0.485 e. The Morgan fingerprint density at radius 1 is 1.40 bits per heavy atom. The number of para-hydroxylation sites is 1. The molecule has 4 nitrogen and oxygen atoms in total. The van der Waals surface area contributed by atoms with Crippen molar-refractivity contribution in [1.29, 1.82) is 0 Å². The van der Waals surface area contributed by atoms with Gasteiger partial charge in [0.05, 0.1) is 10.7 Å². The second kappa shape index (κ2) is 4.35. The van der Waals surface area contributed by atoms with Crippen molar-refractivity contribution in [3.8, 4) is 5.75 Å². The number of aromatic nitrogens is 2. The zero-order chi connectivity index (χ0) is 10.7. The molecule has 2 aromatic rings. The van der Waals surface area contributed by atoms with E-state index in [9.17, 15) is 0 Å². The smallest absolute Gasteiger partial charge is 0.146 e. The van der Waals surface area contributed by atoms with Crippen molar-refractivity contribution in [3.05, 3.63) is 40.8 Å². The molecule has 2 rings (SSSR count). The molecule has 0 atom stereocenters. The first-order valence-corrected chi connectivity index (χ1v) is 5.21. The Balaban J connectivity index is 2.02. The summed E-state index contributed by atoms with van der Waals surface area (Å²) in [5.74, 6) is 2.04. The molecule has 5 heteroatoms. The van der Waals surface area contributed by atoms with E-state index in [-0.39, 0.29) is 0 Å². The van der Waals surface area contributed by atoms with Gasteiger partial charge in [0.15, 0.2) is 0 Å². The molecule has 3 N–H and O–H groups in total. The van der Waals surface area contributed by atoms with Crippen LogP contribution in [0.2, 0.25) is 0 Å². The number of imidazole rings is 1. The van der Waals surface area contributed by atoms with Crippen LogP contribution in [-0.4, -0.2) is 9.97 Å². The molecule has 0 aliphatic carbocycles. The molecule has 0 aliphatic heterocycles. The van der Waals surface area contributed by atoms with Gasteiger partial charge >= 0.3 is 0 Å². The standard InChI is InChI=1S/C10H10BrN3O/c11-7-3-1-2-4-8(7)15-6-10-13-5-9(12)14-10/h1-5H,6,12H2,(H,13,14). The summed E-state index contributed by atoms with van der Waals surface area (Å²) in [7, 11) is 0. The average molecular weight is 268 g/mol. The third-order valence-electron chi connectivity index (χ3n) is 1.85. The van der Waals surface area contributed by atoms with Gasteiger partial charge in [0, 0.05) is 0 Å². The first kappa shape index (κ1) is 10.0. The van der Waals surface area contributed by atoms with Crippen molar-refractivity contribution in [2.75, 3.05) is 5.73 Å². The van der Waals surface area contributed by atoms with Gasteiger partial charge in [-0.05, 0) is 28.1 Å². The van der Waals surface area contributed by atoms with E-state index in [4.69, 9.17) is 10.5 Å². The maximum Gasteiger partial charge on any atom is 0.146 e.